The van der Waals surface area contributed by atoms with E-state index in [9.17, 15) is 14.2 Å². The lowest BCUT2D eigenvalue weighted by molar-refractivity contribution is -0.142. The van der Waals surface area contributed by atoms with E-state index in [-0.39, 0.29) is 17.5 Å². The van der Waals surface area contributed by atoms with Gasteiger partial charge in [0.25, 0.3) is 0 Å². The molecule has 0 bridgehead atoms. The molecule has 2 aliphatic carbocycles. The molecule has 0 amide bonds. The van der Waals surface area contributed by atoms with Crippen LogP contribution < -0.4 is 0 Å². The number of rotatable bonds is 11. The van der Waals surface area contributed by atoms with E-state index in [2.05, 4.69) is 20.8 Å². The van der Waals surface area contributed by atoms with E-state index in [4.69, 9.17) is 18.9 Å². The number of carbonyl (C=O) groups is 2. The van der Waals surface area contributed by atoms with Crippen molar-refractivity contribution in [3.8, 4) is 0 Å². The van der Waals surface area contributed by atoms with Crippen molar-refractivity contribution in [2.24, 2.45) is 11.3 Å². The number of ether oxygens (including phenoxy) is 4. The van der Waals surface area contributed by atoms with Crippen molar-refractivity contribution in [1.29, 1.82) is 0 Å². The van der Waals surface area contributed by atoms with Gasteiger partial charge in [-0.05, 0) is 29.9 Å². The first-order valence-electron chi connectivity index (χ1n) is 11.4. The molecule has 0 heterocycles. The van der Waals surface area contributed by atoms with Crippen LogP contribution >= 0.6 is 7.14 Å². The lowest BCUT2D eigenvalue weighted by Crippen LogP contribution is -2.55. The van der Waals surface area contributed by atoms with Gasteiger partial charge in [0.05, 0.1) is 0 Å². The molecule has 0 spiro atoms. The number of hydrogen-bond donors (Lipinski definition) is 0. The highest BCUT2D eigenvalue weighted by Gasteiger charge is 2.61. The van der Waals surface area contributed by atoms with E-state index in [1.807, 2.05) is 6.92 Å². The summed E-state index contributed by atoms with van der Waals surface area (Å²) in [7, 11) is 1.29. The summed E-state index contributed by atoms with van der Waals surface area (Å²) in [5.74, 6) is -0.185. The van der Waals surface area contributed by atoms with Crippen LogP contribution in [0.2, 0.25) is 0 Å². The minimum absolute atomic E-state index is 0.0840. The van der Waals surface area contributed by atoms with Gasteiger partial charge in [0.1, 0.15) is 12.2 Å². The van der Waals surface area contributed by atoms with Crippen molar-refractivity contribution in [2.75, 3.05) is 34.6 Å². The Balaban J connectivity index is 2.68. The van der Waals surface area contributed by atoms with Gasteiger partial charge in [0.2, 0.25) is 18.2 Å². The third kappa shape index (κ3) is 5.29. The topological polar surface area (TPSA) is 88.1 Å². The smallest absolute Gasteiger partial charge is 0.237 e. The highest BCUT2D eigenvalue weighted by atomic mass is 31.2. The Morgan fingerprint density at radius 2 is 1.26 bits per heavy atom. The zero-order chi connectivity index (χ0) is 25.8. The van der Waals surface area contributed by atoms with Crippen LogP contribution in [0.25, 0.3) is 0 Å². The number of allylic oxidation sites excluding steroid dienone is 4. The second-order valence-electron chi connectivity index (χ2n) is 10.2. The van der Waals surface area contributed by atoms with Gasteiger partial charge >= 0.3 is 0 Å². The summed E-state index contributed by atoms with van der Waals surface area (Å²) in [5.41, 5.74) is -5.09. The van der Waals surface area contributed by atoms with Gasteiger partial charge in [0.15, 0.2) is 11.2 Å². The normalized spacial score (nSPS) is 31.3. The fourth-order valence-electron chi connectivity index (χ4n) is 5.01. The van der Waals surface area contributed by atoms with Gasteiger partial charge in [-0.3, -0.25) is 9.59 Å². The maximum absolute atomic E-state index is 14.9. The molecule has 34 heavy (non-hydrogen) atoms. The predicted molar refractivity (Wildman–Crippen MR) is 133 cm³/mol. The molecule has 0 aliphatic heterocycles. The highest BCUT2D eigenvalue weighted by Crippen LogP contribution is 2.58. The van der Waals surface area contributed by atoms with Gasteiger partial charge in [-0.2, -0.15) is 0 Å². The summed E-state index contributed by atoms with van der Waals surface area (Å²) < 4.78 is 37.3. The first-order chi connectivity index (χ1) is 15.9. The molecular formula is C26H39O7P. The Morgan fingerprint density at radius 3 is 1.59 bits per heavy atom. The lowest BCUT2D eigenvalue weighted by atomic mass is 9.86. The Hall–Kier alpha value is -1.63. The third-order valence-corrected chi connectivity index (χ3v) is 9.51. The first kappa shape index (κ1) is 28.6. The third-order valence-electron chi connectivity index (χ3n) is 6.36. The van der Waals surface area contributed by atoms with Crippen molar-refractivity contribution in [1.82, 2.24) is 0 Å². The molecule has 0 aromatic carbocycles. The minimum Gasteiger partial charge on any atom is -0.373 e. The van der Waals surface area contributed by atoms with Crippen molar-refractivity contribution in [3.63, 3.8) is 0 Å². The second kappa shape index (κ2) is 11.0. The zero-order valence-electron chi connectivity index (χ0n) is 21.6. The van der Waals surface area contributed by atoms with Crippen LogP contribution in [0.1, 0.15) is 34.1 Å². The van der Waals surface area contributed by atoms with Gasteiger partial charge in [0, 0.05) is 34.6 Å². The Labute approximate surface area is 203 Å². The van der Waals surface area contributed by atoms with Gasteiger partial charge in [-0.25, -0.2) is 0 Å². The van der Waals surface area contributed by atoms with E-state index in [1.165, 1.54) is 40.6 Å². The molecule has 5 unspecified atom stereocenters. The molecule has 0 saturated carbocycles. The Kier molecular flexibility index (Phi) is 9.22. The summed E-state index contributed by atoms with van der Waals surface area (Å²) in [6, 6.07) is 0. The summed E-state index contributed by atoms with van der Waals surface area (Å²) in [4.78, 5) is 28.5. The van der Waals surface area contributed by atoms with Crippen molar-refractivity contribution in [2.45, 2.75) is 57.5 Å². The molecule has 0 saturated heterocycles. The van der Waals surface area contributed by atoms with Crippen LogP contribution in [0, 0.1) is 11.3 Å². The summed E-state index contributed by atoms with van der Waals surface area (Å²) in [5, 5.41) is 0. The minimum atomic E-state index is -4.30. The summed E-state index contributed by atoms with van der Waals surface area (Å²) >= 11 is 0. The molecule has 190 valence electrons. The van der Waals surface area contributed by atoms with Crippen molar-refractivity contribution >= 4 is 18.2 Å². The van der Waals surface area contributed by atoms with Gasteiger partial charge in [-0.1, -0.05) is 64.2 Å². The zero-order valence-corrected chi connectivity index (χ0v) is 22.5. The fourth-order valence-corrected chi connectivity index (χ4v) is 8.25. The van der Waals surface area contributed by atoms with Crippen molar-refractivity contribution in [3.05, 3.63) is 48.6 Å². The monoisotopic (exact) mass is 494 g/mol. The maximum atomic E-state index is 14.9. The number of hydrogen-bond acceptors (Lipinski definition) is 7. The van der Waals surface area contributed by atoms with Crippen LogP contribution in [0.15, 0.2) is 48.6 Å². The molecule has 0 N–H and O–H groups in total. The first-order valence-corrected chi connectivity index (χ1v) is 13.3. The van der Waals surface area contributed by atoms with E-state index in [0.717, 1.165) is 0 Å². The molecule has 2 aliphatic rings. The SMILES string of the molecule is COC1C=CC=CC1(OC)C(=O)P(=O)(CC(C)CC(C)(C)C)C(=O)C1(OC)C=CC=CC1OC. The molecule has 2 rings (SSSR count). The quantitative estimate of drug-likeness (QED) is 0.390. The summed E-state index contributed by atoms with van der Waals surface area (Å²) in [6.07, 6.45) is 11.9. The fraction of sp³-hybridized carbons (Fsp3) is 0.615. The van der Waals surface area contributed by atoms with E-state index < -0.39 is 41.6 Å². The average Bonchev–Trinajstić information content (AvgIpc) is 2.81. The Morgan fingerprint density at radius 1 is 0.853 bits per heavy atom. The largest absolute Gasteiger partial charge is 0.373 e. The van der Waals surface area contributed by atoms with Crippen LogP contribution in [-0.2, 0) is 33.1 Å². The molecule has 7 nitrogen and oxygen atoms in total. The second-order valence-corrected chi connectivity index (χ2v) is 12.9. The van der Waals surface area contributed by atoms with E-state index in [0.29, 0.717) is 6.42 Å². The molecule has 0 fully saturated rings. The predicted octanol–water partition coefficient (Wildman–Crippen LogP) is 4.53. The molecule has 0 aromatic heterocycles. The van der Waals surface area contributed by atoms with Crippen LogP contribution in [0.3, 0.4) is 0 Å². The molecular weight excluding hydrogens is 455 g/mol. The molecule has 0 aromatic rings. The van der Waals surface area contributed by atoms with Crippen LogP contribution in [0.5, 0.6) is 0 Å². The maximum Gasteiger partial charge on any atom is 0.237 e. The van der Waals surface area contributed by atoms with E-state index >= 15 is 0 Å². The van der Waals surface area contributed by atoms with Crippen LogP contribution in [-0.4, -0.2) is 69.1 Å². The molecule has 8 heteroatoms. The van der Waals surface area contributed by atoms with Crippen molar-refractivity contribution < 1.29 is 33.1 Å². The highest BCUT2D eigenvalue weighted by molar-refractivity contribution is 7.94. The lowest BCUT2D eigenvalue weighted by Gasteiger charge is -2.41. The Bertz CT molecular complexity index is 866. The summed E-state index contributed by atoms with van der Waals surface area (Å²) in [6.45, 7) is 8.11. The average molecular weight is 495 g/mol. The van der Waals surface area contributed by atoms with Crippen LogP contribution in [0.4, 0.5) is 0 Å². The molecule has 5 atom stereocenters. The van der Waals surface area contributed by atoms with Gasteiger partial charge in [-0.15, -0.1) is 0 Å². The van der Waals surface area contributed by atoms with E-state index in [1.54, 1.807) is 36.5 Å². The number of carbonyl (C=O) groups excluding carboxylic acids is 2. The van der Waals surface area contributed by atoms with Gasteiger partial charge < -0.3 is 23.5 Å². The number of methoxy groups -OCH3 is 4. The standard InChI is InChI=1S/C26H39O7P/c1-19(17-24(2,3)4)18-34(29,22(27)25(32-7)15-11-9-13-20(25)30-5)23(28)26(33-8)16-12-10-14-21(26)31-6/h9-16,19-21H,17-18H2,1-8H3. The molecule has 0 radical (unpaired) electrons.